The van der Waals surface area contributed by atoms with Crippen LogP contribution in [0, 0.1) is 17.6 Å². The van der Waals surface area contributed by atoms with Gasteiger partial charge in [0, 0.05) is 26.7 Å². The minimum absolute atomic E-state index is 0.256. The first-order valence-electron chi connectivity index (χ1n) is 7.68. The number of likely N-dealkylation sites (tertiary alicyclic amines) is 1. The lowest BCUT2D eigenvalue weighted by Crippen LogP contribution is -2.37. The number of oxime groups is 1. The van der Waals surface area contributed by atoms with Gasteiger partial charge in [0.05, 0.1) is 12.5 Å². The van der Waals surface area contributed by atoms with Gasteiger partial charge < -0.3 is 19.4 Å². The van der Waals surface area contributed by atoms with Crippen LogP contribution in [0.5, 0.6) is 5.75 Å². The molecule has 0 radical (unpaired) electrons. The van der Waals surface area contributed by atoms with Gasteiger partial charge in [-0.25, -0.2) is 8.78 Å². The molecule has 9 heteroatoms. The summed E-state index contributed by atoms with van der Waals surface area (Å²) < 4.78 is 31.7. The lowest BCUT2D eigenvalue weighted by atomic mass is 10.0. The maximum Gasteiger partial charge on any atom is 0.271 e. The molecule has 25 heavy (non-hydrogen) atoms. The normalized spacial score (nSPS) is 21.4. The molecule has 0 bridgehead atoms. The van der Waals surface area contributed by atoms with Crippen LogP contribution in [0.25, 0.3) is 0 Å². The van der Waals surface area contributed by atoms with E-state index in [9.17, 15) is 18.4 Å². The molecule has 0 N–H and O–H groups in total. The Morgan fingerprint density at radius 2 is 2.12 bits per heavy atom. The van der Waals surface area contributed by atoms with E-state index >= 15 is 0 Å². The highest BCUT2D eigenvalue weighted by Crippen LogP contribution is 2.28. The van der Waals surface area contributed by atoms with Crippen molar-refractivity contribution in [2.75, 3.05) is 33.8 Å². The van der Waals surface area contributed by atoms with Gasteiger partial charge in [-0.05, 0) is 12.1 Å². The molecule has 0 aliphatic carbocycles. The molecule has 0 spiro atoms. The quantitative estimate of drug-likeness (QED) is 0.797. The number of ether oxygens (including phenoxy) is 1. The minimum Gasteiger partial charge on any atom is -0.481 e. The predicted molar refractivity (Wildman–Crippen MR) is 82.9 cm³/mol. The Morgan fingerprint density at radius 1 is 1.36 bits per heavy atom. The molecule has 1 aromatic rings. The lowest BCUT2D eigenvalue weighted by molar-refractivity contribution is -0.133. The van der Waals surface area contributed by atoms with Crippen molar-refractivity contribution >= 4 is 17.5 Å². The molecule has 1 aromatic carbocycles. The van der Waals surface area contributed by atoms with Crippen LogP contribution in [0.3, 0.4) is 0 Å². The molecule has 2 aliphatic heterocycles. The Kier molecular flexibility index (Phi) is 4.56. The topological polar surface area (TPSA) is 71.4 Å². The smallest absolute Gasteiger partial charge is 0.271 e. The van der Waals surface area contributed by atoms with Crippen molar-refractivity contribution < 1.29 is 27.9 Å². The number of amides is 2. The van der Waals surface area contributed by atoms with Gasteiger partial charge in [0.25, 0.3) is 11.8 Å². The highest BCUT2D eigenvalue weighted by atomic mass is 19.1. The number of carbonyl (C=O) groups is 2. The highest BCUT2D eigenvalue weighted by Gasteiger charge is 2.46. The molecule has 0 aromatic heterocycles. The van der Waals surface area contributed by atoms with Gasteiger partial charge in [-0.15, -0.1) is 0 Å². The summed E-state index contributed by atoms with van der Waals surface area (Å²) >= 11 is 0. The maximum atomic E-state index is 13.5. The summed E-state index contributed by atoms with van der Waals surface area (Å²) in [5.74, 6) is -2.70. The third-order valence-corrected chi connectivity index (χ3v) is 4.13. The average molecular weight is 353 g/mol. The van der Waals surface area contributed by atoms with E-state index in [-0.39, 0.29) is 42.5 Å². The van der Waals surface area contributed by atoms with Crippen LogP contribution in [0.2, 0.25) is 0 Å². The van der Waals surface area contributed by atoms with E-state index in [4.69, 9.17) is 9.57 Å². The van der Waals surface area contributed by atoms with Gasteiger partial charge in [0.1, 0.15) is 5.82 Å². The molecule has 7 nitrogen and oxygen atoms in total. The van der Waals surface area contributed by atoms with E-state index in [1.54, 1.807) is 14.1 Å². The number of benzene rings is 1. The lowest BCUT2D eigenvalue weighted by Gasteiger charge is -2.17. The number of fused-ring (bicyclic) bond motifs is 1. The second-order valence-corrected chi connectivity index (χ2v) is 6.09. The largest absolute Gasteiger partial charge is 0.481 e. The number of halogens is 2. The summed E-state index contributed by atoms with van der Waals surface area (Å²) in [6, 6.07) is 2.77. The first-order chi connectivity index (χ1) is 11.9. The fraction of sp³-hybridized carbons (Fsp3) is 0.438. The van der Waals surface area contributed by atoms with Crippen molar-refractivity contribution in [1.82, 2.24) is 9.80 Å². The van der Waals surface area contributed by atoms with Crippen LogP contribution < -0.4 is 4.74 Å². The van der Waals surface area contributed by atoms with E-state index in [2.05, 4.69) is 5.16 Å². The molecule has 0 unspecified atom stereocenters. The van der Waals surface area contributed by atoms with Crippen molar-refractivity contribution in [3.63, 3.8) is 0 Å². The summed E-state index contributed by atoms with van der Waals surface area (Å²) in [4.78, 5) is 32.4. The highest BCUT2D eigenvalue weighted by molar-refractivity contribution is 6.40. The zero-order valence-electron chi connectivity index (χ0n) is 13.7. The summed E-state index contributed by atoms with van der Waals surface area (Å²) in [6.45, 7) is 0.0804. The van der Waals surface area contributed by atoms with Crippen LogP contribution in [-0.4, -0.2) is 67.2 Å². The van der Waals surface area contributed by atoms with Crippen LogP contribution in [0.15, 0.2) is 23.4 Å². The molecule has 134 valence electrons. The molecule has 2 aliphatic rings. The Bertz CT molecular complexity index is 738. The first-order valence-corrected chi connectivity index (χ1v) is 7.68. The molecule has 3 rings (SSSR count). The van der Waals surface area contributed by atoms with Crippen LogP contribution >= 0.6 is 0 Å². The SMILES string of the molecule is CN(C)C(=O)C1=NO[C@@H]2CN(C(=O)COc3cc(F)ccc3F)C[C@H]12. The van der Waals surface area contributed by atoms with Crippen LogP contribution in [0.1, 0.15) is 0 Å². The number of hydrogen-bond acceptors (Lipinski definition) is 5. The molecular formula is C16H17F2N3O4. The van der Waals surface area contributed by atoms with Gasteiger partial charge in [-0.2, -0.15) is 0 Å². The van der Waals surface area contributed by atoms with Crippen LogP contribution in [0.4, 0.5) is 8.78 Å². The zero-order valence-corrected chi connectivity index (χ0v) is 13.7. The summed E-state index contributed by atoms with van der Waals surface area (Å²) in [6.07, 6.45) is -0.381. The third kappa shape index (κ3) is 3.40. The summed E-state index contributed by atoms with van der Waals surface area (Å²) in [7, 11) is 3.22. The molecule has 2 heterocycles. The predicted octanol–water partition coefficient (Wildman–Crippen LogP) is 0.645. The molecule has 2 atom stereocenters. The van der Waals surface area contributed by atoms with Crippen LogP contribution in [-0.2, 0) is 14.4 Å². The zero-order chi connectivity index (χ0) is 18.1. The monoisotopic (exact) mass is 353 g/mol. The second kappa shape index (κ2) is 6.66. The van der Waals surface area contributed by atoms with E-state index in [1.807, 2.05) is 0 Å². The summed E-state index contributed by atoms with van der Waals surface area (Å²) in [5, 5.41) is 3.82. The second-order valence-electron chi connectivity index (χ2n) is 6.09. The third-order valence-electron chi connectivity index (χ3n) is 4.13. The Labute approximate surface area is 142 Å². The molecule has 0 saturated carbocycles. The van der Waals surface area contributed by atoms with E-state index in [1.165, 1.54) is 9.80 Å². The van der Waals surface area contributed by atoms with Crippen molar-refractivity contribution in [1.29, 1.82) is 0 Å². The van der Waals surface area contributed by atoms with Crippen molar-refractivity contribution in [3.8, 4) is 5.75 Å². The summed E-state index contributed by atoms with van der Waals surface area (Å²) in [5.41, 5.74) is 0.280. The number of nitrogens with zero attached hydrogens (tertiary/aromatic N) is 3. The number of hydrogen-bond donors (Lipinski definition) is 0. The molecule has 2 amide bonds. The number of rotatable bonds is 4. The van der Waals surface area contributed by atoms with E-state index < -0.39 is 24.1 Å². The standard InChI is InChI=1S/C16H17F2N3O4/c1-20(2)16(23)15-10-6-21(7-13(10)25-19-15)14(22)8-24-12-5-9(17)3-4-11(12)18/h3-5,10,13H,6-8H2,1-2H3/t10-,13+/m0/s1. The molecular weight excluding hydrogens is 336 g/mol. The fourth-order valence-corrected chi connectivity index (χ4v) is 2.78. The minimum atomic E-state index is -0.748. The van der Waals surface area contributed by atoms with Gasteiger partial charge in [0.15, 0.2) is 30.0 Å². The Balaban J connectivity index is 1.59. The van der Waals surface area contributed by atoms with Gasteiger partial charge in [-0.1, -0.05) is 5.16 Å². The Hall–Kier alpha value is -2.71. The average Bonchev–Trinajstić information content (AvgIpc) is 3.15. The fourth-order valence-electron chi connectivity index (χ4n) is 2.78. The van der Waals surface area contributed by atoms with Gasteiger partial charge >= 0.3 is 0 Å². The number of carbonyl (C=O) groups excluding carboxylic acids is 2. The molecule has 1 fully saturated rings. The van der Waals surface area contributed by atoms with Crippen molar-refractivity contribution in [2.45, 2.75) is 6.10 Å². The van der Waals surface area contributed by atoms with Crippen molar-refractivity contribution in [3.05, 3.63) is 29.8 Å². The van der Waals surface area contributed by atoms with Gasteiger partial charge in [0.2, 0.25) is 0 Å². The van der Waals surface area contributed by atoms with Crippen molar-refractivity contribution in [2.24, 2.45) is 11.1 Å². The van der Waals surface area contributed by atoms with E-state index in [0.29, 0.717) is 0 Å². The van der Waals surface area contributed by atoms with Gasteiger partial charge in [-0.3, -0.25) is 9.59 Å². The molecule has 1 saturated heterocycles. The maximum absolute atomic E-state index is 13.5. The van der Waals surface area contributed by atoms with E-state index in [0.717, 1.165) is 18.2 Å². The Morgan fingerprint density at radius 3 is 2.84 bits per heavy atom. The first kappa shape index (κ1) is 17.1.